The molecule has 0 aliphatic rings. The minimum Gasteiger partial charge on any atom is -0.366 e. The van der Waals surface area contributed by atoms with Crippen molar-refractivity contribution >= 4 is 22.3 Å². The van der Waals surface area contributed by atoms with Gasteiger partial charge in [-0.05, 0) is 30.2 Å². The molecular formula is C15H15NO. The summed E-state index contributed by atoms with van der Waals surface area (Å²) in [5.41, 5.74) is 7.93. The highest BCUT2D eigenvalue weighted by molar-refractivity contribution is 6.22. The molecule has 2 heteroatoms. The molecule has 0 bridgehead atoms. The lowest BCUT2D eigenvalue weighted by atomic mass is 9.95. The van der Waals surface area contributed by atoms with Crippen molar-refractivity contribution in [2.75, 3.05) is 0 Å². The topological polar surface area (TPSA) is 43.1 Å². The van der Waals surface area contributed by atoms with Crippen LogP contribution in [0.4, 0.5) is 0 Å². The highest BCUT2D eigenvalue weighted by atomic mass is 16.1. The zero-order chi connectivity index (χ0) is 12.4. The van der Waals surface area contributed by atoms with Crippen LogP contribution in [0.2, 0.25) is 0 Å². The maximum atomic E-state index is 11.5. The van der Waals surface area contributed by atoms with Crippen LogP contribution in [0.15, 0.2) is 48.0 Å². The van der Waals surface area contributed by atoms with Crippen LogP contribution in [0.3, 0.4) is 0 Å². The van der Waals surface area contributed by atoms with Crippen molar-refractivity contribution in [2.24, 2.45) is 5.73 Å². The van der Waals surface area contributed by atoms with Gasteiger partial charge in [0, 0.05) is 5.57 Å². The first-order valence-electron chi connectivity index (χ1n) is 5.56. The molecule has 0 fully saturated rings. The first-order valence-corrected chi connectivity index (χ1v) is 5.56. The van der Waals surface area contributed by atoms with Gasteiger partial charge in [0.15, 0.2) is 0 Å². The third-order valence-corrected chi connectivity index (χ3v) is 2.81. The van der Waals surface area contributed by atoms with Crippen molar-refractivity contribution in [1.29, 1.82) is 0 Å². The number of benzene rings is 2. The predicted octanol–water partition coefficient (Wildman–Crippen LogP) is 3.12. The maximum Gasteiger partial charge on any atom is 0.249 e. The Balaban J connectivity index is 2.79. The third-order valence-electron chi connectivity index (χ3n) is 2.81. The van der Waals surface area contributed by atoms with Gasteiger partial charge in [-0.15, -0.1) is 0 Å². The molecule has 2 aromatic carbocycles. The Morgan fingerprint density at radius 2 is 1.65 bits per heavy atom. The van der Waals surface area contributed by atoms with Gasteiger partial charge in [0.05, 0.1) is 0 Å². The Bertz CT molecular complexity index is 602. The van der Waals surface area contributed by atoms with Gasteiger partial charge in [-0.25, -0.2) is 0 Å². The molecule has 17 heavy (non-hydrogen) atoms. The monoisotopic (exact) mass is 225 g/mol. The Hall–Kier alpha value is -2.09. The Kier molecular flexibility index (Phi) is 2.96. The van der Waals surface area contributed by atoms with E-state index in [-0.39, 0.29) is 5.91 Å². The first-order chi connectivity index (χ1) is 8.11. The maximum absolute atomic E-state index is 11.5. The quantitative estimate of drug-likeness (QED) is 0.784. The minimum atomic E-state index is -0.374. The molecule has 2 N–H and O–H groups in total. The second-order valence-electron chi connectivity index (χ2n) is 4.27. The number of hydrogen-bond donors (Lipinski definition) is 1. The number of nitrogens with two attached hydrogens (primary N) is 1. The van der Waals surface area contributed by atoms with Crippen LogP contribution < -0.4 is 5.73 Å². The Morgan fingerprint density at radius 3 is 2.29 bits per heavy atom. The highest BCUT2D eigenvalue weighted by Crippen LogP contribution is 2.26. The fourth-order valence-electron chi connectivity index (χ4n) is 2.09. The molecule has 2 nitrogen and oxygen atoms in total. The van der Waals surface area contributed by atoms with Crippen LogP contribution in [0.5, 0.6) is 0 Å². The molecule has 2 rings (SSSR count). The zero-order valence-corrected chi connectivity index (χ0v) is 10.0. The van der Waals surface area contributed by atoms with E-state index in [0.717, 1.165) is 21.9 Å². The summed E-state index contributed by atoms with van der Waals surface area (Å²) in [6.07, 6.45) is 0. The summed E-state index contributed by atoms with van der Waals surface area (Å²) in [5.74, 6) is -0.374. The van der Waals surface area contributed by atoms with Gasteiger partial charge in [0.2, 0.25) is 5.91 Å². The van der Waals surface area contributed by atoms with Gasteiger partial charge in [-0.2, -0.15) is 0 Å². The molecule has 0 saturated heterocycles. The number of hydrogen-bond acceptors (Lipinski definition) is 1. The lowest BCUT2D eigenvalue weighted by Gasteiger charge is -2.10. The van der Waals surface area contributed by atoms with E-state index in [1.807, 2.05) is 56.3 Å². The van der Waals surface area contributed by atoms with Crippen LogP contribution in [0.1, 0.15) is 19.4 Å². The molecule has 0 spiro atoms. The summed E-state index contributed by atoms with van der Waals surface area (Å²) in [5, 5.41) is 2.18. The molecule has 0 unspecified atom stereocenters. The van der Waals surface area contributed by atoms with E-state index in [9.17, 15) is 4.79 Å². The van der Waals surface area contributed by atoms with Crippen LogP contribution in [0, 0.1) is 0 Å². The number of fused-ring (bicyclic) bond motifs is 1. The fourth-order valence-corrected chi connectivity index (χ4v) is 2.09. The largest absolute Gasteiger partial charge is 0.366 e. The lowest BCUT2D eigenvalue weighted by molar-refractivity contribution is -0.112. The Labute approximate surface area is 101 Å². The smallest absolute Gasteiger partial charge is 0.249 e. The van der Waals surface area contributed by atoms with Crippen LogP contribution in [-0.4, -0.2) is 5.91 Å². The molecule has 0 radical (unpaired) electrons. The van der Waals surface area contributed by atoms with E-state index < -0.39 is 0 Å². The zero-order valence-electron chi connectivity index (χ0n) is 10.0. The van der Waals surface area contributed by atoms with Crippen LogP contribution in [-0.2, 0) is 4.79 Å². The van der Waals surface area contributed by atoms with Crippen molar-refractivity contribution in [3.8, 4) is 0 Å². The van der Waals surface area contributed by atoms with Crippen LogP contribution >= 0.6 is 0 Å². The molecule has 0 heterocycles. The van der Waals surface area contributed by atoms with Crippen molar-refractivity contribution in [1.82, 2.24) is 0 Å². The summed E-state index contributed by atoms with van der Waals surface area (Å²) < 4.78 is 0. The SMILES string of the molecule is CC(C)=C(C(N)=O)c1cccc2ccccc12. The number of amides is 1. The molecule has 1 amide bonds. The minimum absolute atomic E-state index is 0.374. The molecule has 0 atom stereocenters. The molecule has 86 valence electrons. The van der Waals surface area contributed by atoms with Gasteiger partial charge >= 0.3 is 0 Å². The molecule has 2 aromatic rings. The standard InChI is InChI=1S/C15H15NO/c1-10(2)14(15(16)17)13-9-5-7-11-6-3-4-8-12(11)13/h3-9H,1-2H3,(H2,16,17). The number of rotatable bonds is 2. The molecule has 0 aromatic heterocycles. The summed E-state index contributed by atoms with van der Waals surface area (Å²) >= 11 is 0. The number of primary amides is 1. The van der Waals surface area contributed by atoms with E-state index >= 15 is 0 Å². The van der Waals surface area contributed by atoms with Gasteiger partial charge in [0.1, 0.15) is 0 Å². The van der Waals surface area contributed by atoms with Gasteiger partial charge in [-0.3, -0.25) is 4.79 Å². The average molecular weight is 225 g/mol. The van der Waals surface area contributed by atoms with E-state index in [0.29, 0.717) is 5.57 Å². The Morgan fingerprint density at radius 1 is 1.00 bits per heavy atom. The van der Waals surface area contributed by atoms with Crippen molar-refractivity contribution < 1.29 is 4.79 Å². The average Bonchev–Trinajstić information content (AvgIpc) is 2.28. The van der Waals surface area contributed by atoms with E-state index in [1.165, 1.54) is 0 Å². The van der Waals surface area contributed by atoms with E-state index in [1.54, 1.807) is 0 Å². The summed E-state index contributed by atoms with van der Waals surface area (Å²) in [4.78, 5) is 11.5. The van der Waals surface area contributed by atoms with Crippen molar-refractivity contribution in [3.63, 3.8) is 0 Å². The van der Waals surface area contributed by atoms with Gasteiger partial charge in [0.25, 0.3) is 0 Å². The molecular weight excluding hydrogens is 210 g/mol. The summed E-state index contributed by atoms with van der Waals surface area (Å²) in [6, 6.07) is 13.9. The van der Waals surface area contributed by atoms with Gasteiger partial charge in [-0.1, -0.05) is 48.0 Å². The molecule has 0 aliphatic carbocycles. The molecule has 0 aliphatic heterocycles. The van der Waals surface area contributed by atoms with Crippen molar-refractivity contribution in [2.45, 2.75) is 13.8 Å². The van der Waals surface area contributed by atoms with Crippen LogP contribution in [0.25, 0.3) is 16.3 Å². The van der Waals surface area contributed by atoms with E-state index in [4.69, 9.17) is 5.73 Å². The number of carbonyl (C=O) groups excluding carboxylic acids is 1. The summed E-state index contributed by atoms with van der Waals surface area (Å²) in [7, 11) is 0. The lowest BCUT2D eigenvalue weighted by Crippen LogP contribution is -2.14. The first kappa shape index (κ1) is 11.4. The van der Waals surface area contributed by atoms with Crippen molar-refractivity contribution in [3.05, 3.63) is 53.6 Å². The predicted molar refractivity (Wildman–Crippen MR) is 71.4 cm³/mol. The fraction of sp³-hybridized carbons (Fsp3) is 0.133. The normalized spacial score (nSPS) is 10.2. The number of allylic oxidation sites excluding steroid dienone is 1. The third kappa shape index (κ3) is 2.07. The second-order valence-corrected chi connectivity index (χ2v) is 4.27. The van der Waals surface area contributed by atoms with Gasteiger partial charge < -0.3 is 5.73 Å². The second kappa shape index (κ2) is 4.42. The number of carbonyl (C=O) groups is 1. The molecule has 0 saturated carbocycles. The highest BCUT2D eigenvalue weighted by Gasteiger charge is 2.12. The van der Waals surface area contributed by atoms with E-state index in [2.05, 4.69) is 0 Å². The summed E-state index contributed by atoms with van der Waals surface area (Å²) in [6.45, 7) is 3.81.